The van der Waals surface area contributed by atoms with Gasteiger partial charge in [0.05, 0.1) is 5.69 Å². The Kier molecular flexibility index (Phi) is 5.27. The molecule has 0 radical (unpaired) electrons. The number of nitrogens with zero attached hydrogens (tertiary/aromatic N) is 2. The zero-order chi connectivity index (χ0) is 17.6. The van der Waals surface area contributed by atoms with Crippen molar-refractivity contribution in [3.8, 4) is 17.3 Å². The fraction of sp³-hybridized carbons (Fsp3) is 0.143. The van der Waals surface area contributed by atoms with Crippen molar-refractivity contribution in [3.63, 3.8) is 0 Å². The molecule has 3 aromatic rings. The Labute approximate surface area is 152 Å². The van der Waals surface area contributed by atoms with Crippen molar-refractivity contribution in [1.29, 1.82) is 5.26 Å². The van der Waals surface area contributed by atoms with E-state index in [1.165, 1.54) is 16.9 Å². The minimum atomic E-state index is 0.532. The number of allylic oxidation sites excluding steroid dienone is 1. The zero-order valence-electron chi connectivity index (χ0n) is 14.3. The Morgan fingerprint density at radius 1 is 1.20 bits per heavy atom. The topological polar surface area (TPSA) is 48.7 Å². The monoisotopic (exact) mass is 345 g/mol. The fourth-order valence-electron chi connectivity index (χ4n) is 2.47. The molecule has 2 aromatic carbocycles. The second-order valence-electron chi connectivity index (χ2n) is 5.72. The van der Waals surface area contributed by atoms with Gasteiger partial charge in [0, 0.05) is 22.8 Å². The highest BCUT2D eigenvalue weighted by atomic mass is 32.1. The van der Waals surface area contributed by atoms with Gasteiger partial charge in [-0.25, -0.2) is 4.98 Å². The second-order valence-corrected chi connectivity index (χ2v) is 6.58. The molecule has 4 heteroatoms. The maximum Gasteiger partial charge on any atom is 0.136 e. The Morgan fingerprint density at radius 3 is 2.64 bits per heavy atom. The van der Waals surface area contributed by atoms with E-state index < -0.39 is 0 Å². The molecule has 124 valence electrons. The minimum Gasteiger partial charge on any atom is -0.360 e. The lowest BCUT2D eigenvalue weighted by atomic mass is 10.1. The van der Waals surface area contributed by atoms with Gasteiger partial charge in [-0.05, 0) is 30.5 Å². The van der Waals surface area contributed by atoms with Crippen molar-refractivity contribution in [2.75, 3.05) is 5.32 Å². The van der Waals surface area contributed by atoms with Crippen LogP contribution in [0.4, 0.5) is 5.69 Å². The van der Waals surface area contributed by atoms with Crippen LogP contribution in [-0.4, -0.2) is 4.98 Å². The summed E-state index contributed by atoms with van der Waals surface area (Å²) in [4.78, 5) is 4.63. The normalized spacial score (nSPS) is 11.2. The lowest BCUT2D eigenvalue weighted by Gasteiger charge is -2.04. The molecule has 0 aliphatic carbocycles. The maximum absolute atomic E-state index is 9.48. The van der Waals surface area contributed by atoms with Crippen molar-refractivity contribution in [3.05, 3.63) is 76.2 Å². The summed E-state index contributed by atoms with van der Waals surface area (Å²) in [7, 11) is 0. The number of nitrogens with one attached hydrogen (secondary N) is 1. The third kappa shape index (κ3) is 3.96. The summed E-state index contributed by atoms with van der Waals surface area (Å²) < 4.78 is 0. The first-order valence-corrected chi connectivity index (χ1v) is 9.07. The first-order chi connectivity index (χ1) is 12.2. The molecular formula is C21H19N3S. The summed E-state index contributed by atoms with van der Waals surface area (Å²) in [5, 5.41) is 15.4. The van der Waals surface area contributed by atoms with E-state index in [9.17, 15) is 5.26 Å². The number of benzene rings is 2. The third-order valence-electron chi connectivity index (χ3n) is 4.03. The summed E-state index contributed by atoms with van der Waals surface area (Å²) in [5.41, 5.74) is 5.93. The van der Waals surface area contributed by atoms with E-state index in [0.29, 0.717) is 5.57 Å². The standard InChI is InChI=1S/C21H19N3S/c1-3-16-8-10-17(11-9-16)20-14-25-21(24-20)18(12-22)13-23-19-7-5-4-6-15(19)2/h4-11,13-14,23H,3H2,1-2H3/b18-13+. The van der Waals surface area contributed by atoms with Crippen LogP contribution < -0.4 is 5.32 Å². The van der Waals surface area contributed by atoms with E-state index in [4.69, 9.17) is 0 Å². The molecule has 0 aliphatic rings. The van der Waals surface area contributed by atoms with Gasteiger partial charge < -0.3 is 5.32 Å². The second kappa shape index (κ2) is 7.78. The largest absolute Gasteiger partial charge is 0.360 e. The molecule has 3 nitrogen and oxygen atoms in total. The molecule has 1 heterocycles. The Balaban J connectivity index is 1.82. The number of para-hydroxylation sites is 1. The molecule has 0 amide bonds. The van der Waals surface area contributed by atoms with Crippen molar-refractivity contribution >= 4 is 22.6 Å². The number of aryl methyl sites for hydroxylation is 2. The number of thiazole rings is 1. The van der Waals surface area contributed by atoms with Crippen molar-refractivity contribution < 1.29 is 0 Å². The predicted octanol–water partition coefficient (Wildman–Crippen LogP) is 5.66. The zero-order valence-corrected chi connectivity index (χ0v) is 15.1. The first-order valence-electron chi connectivity index (χ1n) is 8.19. The lowest BCUT2D eigenvalue weighted by molar-refractivity contribution is 1.14. The molecule has 0 saturated carbocycles. The van der Waals surface area contributed by atoms with Gasteiger partial charge in [0.15, 0.2) is 0 Å². The molecule has 0 unspecified atom stereocenters. The van der Waals surface area contributed by atoms with E-state index in [1.54, 1.807) is 6.20 Å². The number of anilines is 1. The van der Waals surface area contributed by atoms with Crippen LogP contribution in [0.1, 0.15) is 23.1 Å². The average Bonchev–Trinajstić information content (AvgIpc) is 3.14. The lowest BCUT2D eigenvalue weighted by Crippen LogP contribution is -1.93. The Morgan fingerprint density at radius 2 is 1.96 bits per heavy atom. The molecule has 3 rings (SSSR count). The summed E-state index contributed by atoms with van der Waals surface area (Å²) in [6, 6.07) is 18.6. The molecule has 0 bridgehead atoms. The van der Waals surface area contributed by atoms with Gasteiger partial charge in [0.25, 0.3) is 0 Å². The van der Waals surface area contributed by atoms with Crippen LogP contribution in [0.2, 0.25) is 0 Å². The van der Waals surface area contributed by atoms with Crippen LogP contribution in [-0.2, 0) is 6.42 Å². The smallest absolute Gasteiger partial charge is 0.136 e. The summed E-state index contributed by atoms with van der Waals surface area (Å²) in [6.07, 6.45) is 2.75. The van der Waals surface area contributed by atoms with Crippen molar-refractivity contribution in [2.45, 2.75) is 20.3 Å². The molecule has 0 aliphatic heterocycles. The number of aromatic nitrogens is 1. The van der Waals surface area contributed by atoms with E-state index in [-0.39, 0.29) is 0 Å². The number of hydrogen-bond acceptors (Lipinski definition) is 4. The summed E-state index contributed by atoms with van der Waals surface area (Å²) in [5.74, 6) is 0. The molecule has 0 fully saturated rings. The number of nitriles is 1. The number of rotatable bonds is 5. The highest BCUT2D eigenvalue weighted by molar-refractivity contribution is 7.11. The van der Waals surface area contributed by atoms with Crippen LogP contribution in [0.25, 0.3) is 16.8 Å². The highest BCUT2D eigenvalue weighted by Gasteiger charge is 2.09. The maximum atomic E-state index is 9.48. The van der Waals surface area contributed by atoms with Gasteiger partial charge >= 0.3 is 0 Å². The van der Waals surface area contributed by atoms with Gasteiger partial charge in [0.2, 0.25) is 0 Å². The Bertz CT molecular complexity index is 930. The predicted molar refractivity (Wildman–Crippen MR) is 105 cm³/mol. The summed E-state index contributed by atoms with van der Waals surface area (Å²) in [6.45, 7) is 4.17. The van der Waals surface area contributed by atoms with E-state index in [1.807, 2.05) is 36.6 Å². The van der Waals surface area contributed by atoms with Crippen LogP contribution in [0, 0.1) is 18.3 Å². The molecule has 0 atom stereocenters. The molecular weight excluding hydrogens is 326 g/mol. The Hall–Kier alpha value is -2.90. The van der Waals surface area contributed by atoms with Gasteiger partial charge in [-0.2, -0.15) is 5.26 Å². The molecule has 1 N–H and O–H groups in total. The minimum absolute atomic E-state index is 0.532. The molecule has 1 aromatic heterocycles. The van der Waals surface area contributed by atoms with Gasteiger partial charge in [0.1, 0.15) is 16.6 Å². The van der Waals surface area contributed by atoms with Gasteiger partial charge in [-0.3, -0.25) is 0 Å². The summed E-state index contributed by atoms with van der Waals surface area (Å²) >= 11 is 1.48. The van der Waals surface area contributed by atoms with Crippen LogP contribution >= 0.6 is 11.3 Å². The third-order valence-corrected chi connectivity index (χ3v) is 4.91. The van der Waals surface area contributed by atoms with Crippen LogP contribution in [0.3, 0.4) is 0 Å². The average molecular weight is 345 g/mol. The van der Waals surface area contributed by atoms with Crippen LogP contribution in [0.15, 0.2) is 60.1 Å². The SMILES string of the molecule is CCc1ccc(-c2csc(/C(C#N)=C/Nc3ccccc3C)n2)cc1. The first kappa shape index (κ1) is 16.9. The fourth-order valence-corrected chi connectivity index (χ4v) is 3.26. The number of hydrogen-bond donors (Lipinski definition) is 1. The van der Waals surface area contributed by atoms with Crippen molar-refractivity contribution in [1.82, 2.24) is 4.98 Å². The van der Waals surface area contributed by atoms with Gasteiger partial charge in [-0.1, -0.05) is 49.4 Å². The van der Waals surface area contributed by atoms with Crippen molar-refractivity contribution in [2.24, 2.45) is 0 Å². The van der Waals surface area contributed by atoms with E-state index in [2.05, 4.69) is 47.6 Å². The van der Waals surface area contributed by atoms with E-state index >= 15 is 0 Å². The quantitative estimate of drug-likeness (QED) is 0.607. The molecule has 25 heavy (non-hydrogen) atoms. The van der Waals surface area contributed by atoms with Gasteiger partial charge in [-0.15, -0.1) is 11.3 Å². The molecule has 0 spiro atoms. The molecule has 0 saturated heterocycles. The van der Waals surface area contributed by atoms with E-state index in [0.717, 1.165) is 33.9 Å². The van der Waals surface area contributed by atoms with Crippen LogP contribution in [0.5, 0.6) is 0 Å². The highest BCUT2D eigenvalue weighted by Crippen LogP contribution is 2.26.